The van der Waals surface area contributed by atoms with Crippen molar-refractivity contribution in [1.29, 1.82) is 0 Å². The van der Waals surface area contributed by atoms with Crippen molar-refractivity contribution in [1.82, 2.24) is 15.1 Å². The summed E-state index contributed by atoms with van der Waals surface area (Å²) >= 11 is 6.26. The molecule has 0 amide bonds. The van der Waals surface area contributed by atoms with Gasteiger partial charge >= 0.3 is 0 Å². The molecule has 96 valence electrons. The molecule has 1 aliphatic carbocycles. The Kier molecular flexibility index (Phi) is 4.46. The van der Waals surface area contributed by atoms with Crippen LogP contribution in [0.2, 0.25) is 5.02 Å². The number of hydrogen-bond acceptors (Lipinski definition) is 2. The van der Waals surface area contributed by atoms with Crippen LogP contribution in [0, 0.1) is 5.92 Å². The highest BCUT2D eigenvalue weighted by atomic mass is 35.5. The van der Waals surface area contributed by atoms with E-state index in [4.69, 9.17) is 11.6 Å². The maximum atomic E-state index is 6.26. The quantitative estimate of drug-likeness (QED) is 0.874. The summed E-state index contributed by atoms with van der Waals surface area (Å²) in [5.41, 5.74) is 1.16. The number of aryl methyl sites for hydroxylation is 1. The molecule has 1 aliphatic rings. The third-order valence-corrected chi connectivity index (χ3v) is 4.15. The molecule has 1 saturated carbocycles. The monoisotopic (exact) mass is 255 g/mol. The summed E-state index contributed by atoms with van der Waals surface area (Å²) in [5, 5.41) is 8.52. The summed E-state index contributed by atoms with van der Waals surface area (Å²) in [6.07, 6.45) is 8.47. The van der Waals surface area contributed by atoms with Crippen molar-refractivity contribution in [3.05, 3.63) is 16.9 Å². The Morgan fingerprint density at radius 3 is 2.82 bits per heavy atom. The Morgan fingerprint density at radius 1 is 1.53 bits per heavy atom. The minimum Gasteiger partial charge on any atom is -0.312 e. The van der Waals surface area contributed by atoms with Crippen molar-refractivity contribution >= 4 is 11.6 Å². The highest BCUT2D eigenvalue weighted by Crippen LogP contribution is 2.34. The second-order valence-electron chi connectivity index (χ2n) is 4.92. The molecule has 0 aliphatic heterocycles. The van der Waals surface area contributed by atoms with Crippen molar-refractivity contribution in [2.45, 2.75) is 51.6 Å². The summed E-state index contributed by atoms with van der Waals surface area (Å²) in [4.78, 5) is 0. The first kappa shape index (κ1) is 12.9. The number of aromatic nitrogens is 2. The van der Waals surface area contributed by atoms with Crippen LogP contribution >= 0.6 is 11.6 Å². The molecule has 1 aromatic rings. The van der Waals surface area contributed by atoms with Crippen molar-refractivity contribution in [3.8, 4) is 0 Å². The predicted octanol–water partition coefficient (Wildman–Crippen LogP) is 3.40. The molecule has 17 heavy (non-hydrogen) atoms. The molecule has 0 radical (unpaired) electrons. The van der Waals surface area contributed by atoms with Gasteiger partial charge in [0, 0.05) is 6.54 Å². The third kappa shape index (κ3) is 2.83. The van der Waals surface area contributed by atoms with Crippen LogP contribution in [0.1, 0.15) is 50.8 Å². The van der Waals surface area contributed by atoms with E-state index in [9.17, 15) is 0 Å². The fraction of sp³-hybridized carbons (Fsp3) is 0.769. The maximum absolute atomic E-state index is 6.26. The van der Waals surface area contributed by atoms with Crippen molar-refractivity contribution in [2.75, 3.05) is 7.05 Å². The van der Waals surface area contributed by atoms with E-state index in [0.717, 1.165) is 23.2 Å². The van der Waals surface area contributed by atoms with E-state index in [1.165, 1.54) is 32.1 Å². The topological polar surface area (TPSA) is 29.9 Å². The highest BCUT2D eigenvalue weighted by molar-refractivity contribution is 6.31. The molecule has 2 rings (SSSR count). The van der Waals surface area contributed by atoms with E-state index in [1.807, 2.05) is 11.7 Å². The van der Waals surface area contributed by atoms with Gasteiger partial charge in [-0.1, -0.05) is 37.3 Å². The number of hydrogen-bond donors (Lipinski definition) is 1. The molecule has 1 aromatic heterocycles. The number of rotatable bonds is 5. The molecular weight excluding hydrogens is 234 g/mol. The molecular formula is C13H22ClN3. The Hall–Kier alpha value is -0.540. The highest BCUT2D eigenvalue weighted by Gasteiger charge is 2.24. The number of halogens is 1. The van der Waals surface area contributed by atoms with Crippen LogP contribution in [-0.2, 0) is 6.54 Å². The second-order valence-corrected chi connectivity index (χ2v) is 5.33. The SMILES string of the molecule is CCn1ncc(Cl)c1C(CC1CCCC1)NC. The van der Waals surface area contributed by atoms with Gasteiger partial charge in [-0.2, -0.15) is 5.10 Å². The van der Waals surface area contributed by atoms with Gasteiger partial charge < -0.3 is 5.32 Å². The number of nitrogens with one attached hydrogen (secondary N) is 1. The van der Waals surface area contributed by atoms with Gasteiger partial charge in [0.25, 0.3) is 0 Å². The molecule has 1 unspecified atom stereocenters. The lowest BCUT2D eigenvalue weighted by Crippen LogP contribution is -2.22. The fourth-order valence-electron chi connectivity index (χ4n) is 2.92. The minimum absolute atomic E-state index is 0.341. The Labute approximate surface area is 109 Å². The van der Waals surface area contributed by atoms with Gasteiger partial charge in [0.15, 0.2) is 0 Å². The lowest BCUT2D eigenvalue weighted by molar-refractivity contribution is 0.393. The van der Waals surface area contributed by atoms with Crippen LogP contribution in [0.25, 0.3) is 0 Å². The van der Waals surface area contributed by atoms with Gasteiger partial charge in [-0.3, -0.25) is 4.68 Å². The molecule has 0 spiro atoms. The van der Waals surface area contributed by atoms with E-state index < -0.39 is 0 Å². The van der Waals surface area contributed by atoms with E-state index in [-0.39, 0.29) is 0 Å². The van der Waals surface area contributed by atoms with Crippen LogP contribution < -0.4 is 5.32 Å². The van der Waals surface area contributed by atoms with Crippen LogP contribution in [-0.4, -0.2) is 16.8 Å². The summed E-state index contributed by atoms with van der Waals surface area (Å²) in [6, 6.07) is 0.341. The molecule has 0 aromatic carbocycles. The largest absolute Gasteiger partial charge is 0.312 e. The normalized spacial score (nSPS) is 18.8. The summed E-state index contributed by atoms with van der Waals surface area (Å²) in [6.45, 7) is 2.99. The Bertz CT molecular complexity index is 356. The van der Waals surface area contributed by atoms with Crippen LogP contribution in [0.5, 0.6) is 0 Å². The second kappa shape index (κ2) is 5.87. The molecule has 1 fully saturated rings. The zero-order chi connectivity index (χ0) is 12.3. The first-order valence-electron chi connectivity index (χ1n) is 6.64. The van der Waals surface area contributed by atoms with E-state index in [0.29, 0.717) is 6.04 Å². The molecule has 0 saturated heterocycles. The molecule has 3 nitrogen and oxygen atoms in total. The maximum Gasteiger partial charge on any atom is 0.0834 e. The standard InChI is InChI=1S/C13H22ClN3/c1-3-17-13(11(14)9-16-17)12(15-2)8-10-6-4-5-7-10/h9-10,12,15H,3-8H2,1-2H3. The van der Waals surface area contributed by atoms with Gasteiger partial charge in [0.1, 0.15) is 0 Å². The molecule has 4 heteroatoms. The average molecular weight is 256 g/mol. The van der Waals surface area contributed by atoms with Gasteiger partial charge in [-0.15, -0.1) is 0 Å². The fourth-order valence-corrected chi connectivity index (χ4v) is 3.19. The molecule has 1 heterocycles. The third-order valence-electron chi connectivity index (χ3n) is 3.86. The summed E-state index contributed by atoms with van der Waals surface area (Å²) < 4.78 is 2.01. The van der Waals surface area contributed by atoms with Crippen molar-refractivity contribution in [2.24, 2.45) is 5.92 Å². The van der Waals surface area contributed by atoms with Gasteiger partial charge in [-0.05, 0) is 26.3 Å². The first-order chi connectivity index (χ1) is 8.26. The Morgan fingerprint density at radius 2 is 2.24 bits per heavy atom. The van der Waals surface area contributed by atoms with Crippen molar-refractivity contribution in [3.63, 3.8) is 0 Å². The van der Waals surface area contributed by atoms with E-state index >= 15 is 0 Å². The molecule has 1 atom stereocenters. The van der Waals surface area contributed by atoms with Gasteiger partial charge in [-0.25, -0.2) is 0 Å². The minimum atomic E-state index is 0.341. The lowest BCUT2D eigenvalue weighted by atomic mass is 9.96. The summed E-state index contributed by atoms with van der Waals surface area (Å²) in [7, 11) is 2.02. The molecule has 1 N–H and O–H groups in total. The van der Waals surface area contributed by atoms with Gasteiger partial charge in [0.2, 0.25) is 0 Å². The lowest BCUT2D eigenvalue weighted by Gasteiger charge is -2.21. The van der Waals surface area contributed by atoms with Gasteiger partial charge in [0.05, 0.1) is 23.0 Å². The number of nitrogens with zero attached hydrogens (tertiary/aromatic N) is 2. The van der Waals surface area contributed by atoms with Crippen LogP contribution in [0.3, 0.4) is 0 Å². The first-order valence-corrected chi connectivity index (χ1v) is 7.02. The zero-order valence-electron chi connectivity index (χ0n) is 10.7. The average Bonchev–Trinajstić information content (AvgIpc) is 2.95. The predicted molar refractivity (Wildman–Crippen MR) is 71.3 cm³/mol. The van der Waals surface area contributed by atoms with Crippen molar-refractivity contribution < 1.29 is 0 Å². The smallest absolute Gasteiger partial charge is 0.0834 e. The van der Waals surface area contributed by atoms with Crippen LogP contribution in [0.15, 0.2) is 6.20 Å². The molecule has 0 bridgehead atoms. The van der Waals surface area contributed by atoms with E-state index in [2.05, 4.69) is 17.3 Å². The summed E-state index contributed by atoms with van der Waals surface area (Å²) in [5.74, 6) is 0.851. The van der Waals surface area contributed by atoms with Crippen LogP contribution in [0.4, 0.5) is 0 Å². The zero-order valence-corrected chi connectivity index (χ0v) is 11.5. The Balaban J connectivity index is 2.12. The van der Waals surface area contributed by atoms with E-state index in [1.54, 1.807) is 6.20 Å².